The molecule has 0 spiro atoms. The molecule has 6 heteroatoms. The van der Waals surface area contributed by atoms with Crippen LogP contribution < -0.4 is 15.8 Å². The molecule has 0 radical (unpaired) electrons. The first-order valence-corrected chi connectivity index (χ1v) is 7.04. The van der Waals surface area contributed by atoms with Crippen molar-refractivity contribution in [2.45, 2.75) is 38.0 Å². The van der Waals surface area contributed by atoms with E-state index in [-0.39, 0.29) is 23.9 Å². The Kier molecular flexibility index (Phi) is 5.14. The first-order valence-electron chi connectivity index (χ1n) is 7.04. The monoisotopic (exact) mass is 296 g/mol. The third-order valence-corrected chi connectivity index (χ3v) is 3.68. The molecule has 21 heavy (non-hydrogen) atoms. The Morgan fingerprint density at radius 1 is 1.57 bits per heavy atom. The number of hydrogen-bond acceptors (Lipinski definition) is 4. The second-order valence-corrected chi connectivity index (χ2v) is 5.18. The quantitative estimate of drug-likeness (QED) is 0.864. The summed E-state index contributed by atoms with van der Waals surface area (Å²) in [6.45, 7) is 2.20. The van der Waals surface area contributed by atoms with Gasteiger partial charge in [0, 0.05) is 12.1 Å². The molecular formula is C15H21FN2O3. The fraction of sp³-hybridized carbons (Fsp3) is 0.533. The summed E-state index contributed by atoms with van der Waals surface area (Å²) in [4.78, 5) is 12.2. The summed E-state index contributed by atoms with van der Waals surface area (Å²) in [5, 5.41) is 2.83. The van der Waals surface area contributed by atoms with Crippen LogP contribution in [-0.2, 0) is 9.53 Å². The molecule has 116 valence electrons. The molecule has 1 heterocycles. The summed E-state index contributed by atoms with van der Waals surface area (Å²) in [7, 11) is 1.51. The number of ether oxygens (including phenoxy) is 2. The average molecular weight is 296 g/mol. The van der Waals surface area contributed by atoms with Gasteiger partial charge in [-0.1, -0.05) is 0 Å². The van der Waals surface area contributed by atoms with E-state index in [1.165, 1.54) is 19.2 Å². The van der Waals surface area contributed by atoms with Gasteiger partial charge in [-0.05, 0) is 38.0 Å². The summed E-state index contributed by atoms with van der Waals surface area (Å²) in [6.07, 6.45) is 0.896. The summed E-state index contributed by atoms with van der Waals surface area (Å²) in [6, 6.07) is 3.86. The minimum absolute atomic E-state index is 0.0558. The maximum atomic E-state index is 13.4. The zero-order valence-electron chi connectivity index (χ0n) is 12.3. The summed E-state index contributed by atoms with van der Waals surface area (Å²) >= 11 is 0. The van der Waals surface area contributed by atoms with Crippen molar-refractivity contribution < 1.29 is 18.7 Å². The molecule has 1 aromatic rings. The second-order valence-electron chi connectivity index (χ2n) is 5.18. The molecule has 5 nitrogen and oxygen atoms in total. The van der Waals surface area contributed by atoms with Gasteiger partial charge in [0.1, 0.15) is 17.7 Å². The van der Waals surface area contributed by atoms with Gasteiger partial charge in [-0.15, -0.1) is 0 Å². The third kappa shape index (κ3) is 3.71. The van der Waals surface area contributed by atoms with Crippen LogP contribution in [0.2, 0.25) is 0 Å². The van der Waals surface area contributed by atoms with Crippen LogP contribution in [0.1, 0.15) is 31.4 Å². The molecule has 0 aromatic heterocycles. The Labute approximate surface area is 123 Å². The largest absolute Gasteiger partial charge is 0.496 e. The van der Waals surface area contributed by atoms with E-state index in [4.69, 9.17) is 15.2 Å². The Morgan fingerprint density at radius 2 is 2.33 bits per heavy atom. The summed E-state index contributed by atoms with van der Waals surface area (Å²) in [5.41, 5.74) is 6.12. The smallest absolute Gasteiger partial charge is 0.249 e. The molecule has 1 aliphatic heterocycles. The van der Waals surface area contributed by atoms with Crippen molar-refractivity contribution in [2.75, 3.05) is 13.7 Å². The van der Waals surface area contributed by atoms with E-state index < -0.39 is 6.10 Å². The van der Waals surface area contributed by atoms with Crippen LogP contribution in [0.25, 0.3) is 0 Å². The van der Waals surface area contributed by atoms with Crippen LogP contribution in [-0.4, -0.2) is 31.8 Å². The zero-order valence-corrected chi connectivity index (χ0v) is 12.3. The molecular weight excluding hydrogens is 275 g/mol. The predicted octanol–water partition coefficient (Wildman–Crippen LogP) is 1.52. The maximum absolute atomic E-state index is 13.4. The lowest BCUT2D eigenvalue weighted by atomic mass is 10.1. The van der Waals surface area contributed by atoms with E-state index in [1.54, 1.807) is 13.0 Å². The van der Waals surface area contributed by atoms with E-state index in [9.17, 15) is 9.18 Å². The number of nitrogens with one attached hydrogen (secondary N) is 1. The third-order valence-electron chi connectivity index (χ3n) is 3.68. The number of nitrogens with two attached hydrogens (primary N) is 1. The number of halogens is 1. The highest BCUT2D eigenvalue weighted by Crippen LogP contribution is 2.26. The molecule has 1 saturated heterocycles. The van der Waals surface area contributed by atoms with Crippen LogP contribution in [0.5, 0.6) is 5.75 Å². The number of carbonyl (C=O) groups excluding carboxylic acids is 1. The van der Waals surface area contributed by atoms with E-state index >= 15 is 0 Å². The first-order chi connectivity index (χ1) is 10.0. The van der Waals surface area contributed by atoms with Crippen molar-refractivity contribution in [3.63, 3.8) is 0 Å². The van der Waals surface area contributed by atoms with E-state index in [0.717, 1.165) is 6.42 Å². The number of rotatable bonds is 5. The number of methoxy groups -OCH3 is 1. The molecule has 0 aliphatic carbocycles. The SMILES string of the molecule is COc1ccc(F)cc1C(C)NC(=O)C1CCC(CN)O1. The zero-order chi connectivity index (χ0) is 15.4. The van der Waals surface area contributed by atoms with Crippen LogP contribution >= 0.6 is 0 Å². The van der Waals surface area contributed by atoms with Gasteiger partial charge in [0.2, 0.25) is 5.91 Å². The summed E-state index contributed by atoms with van der Waals surface area (Å²) < 4.78 is 24.1. The van der Waals surface area contributed by atoms with Crippen LogP contribution in [0.4, 0.5) is 4.39 Å². The molecule has 1 aliphatic rings. The van der Waals surface area contributed by atoms with Crippen molar-refractivity contribution in [1.82, 2.24) is 5.32 Å². The second kappa shape index (κ2) is 6.87. The van der Waals surface area contributed by atoms with Crippen LogP contribution in [0.15, 0.2) is 18.2 Å². The highest BCUT2D eigenvalue weighted by molar-refractivity contribution is 5.81. The maximum Gasteiger partial charge on any atom is 0.249 e. The Balaban J connectivity index is 2.02. The van der Waals surface area contributed by atoms with Crippen molar-refractivity contribution in [2.24, 2.45) is 5.73 Å². The van der Waals surface area contributed by atoms with Gasteiger partial charge >= 0.3 is 0 Å². The minimum Gasteiger partial charge on any atom is -0.496 e. The lowest BCUT2D eigenvalue weighted by Crippen LogP contribution is -2.37. The normalized spacial score (nSPS) is 22.9. The highest BCUT2D eigenvalue weighted by atomic mass is 19.1. The van der Waals surface area contributed by atoms with Gasteiger partial charge in [0.15, 0.2) is 0 Å². The van der Waals surface area contributed by atoms with Gasteiger partial charge in [-0.25, -0.2) is 4.39 Å². The van der Waals surface area contributed by atoms with E-state index in [2.05, 4.69) is 5.32 Å². The molecule has 1 amide bonds. The number of carbonyl (C=O) groups is 1. The first kappa shape index (κ1) is 15.7. The van der Waals surface area contributed by atoms with Crippen LogP contribution in [0, 0.1) is 5.82 Å². The van der Waals surface area contributed by atoms with E-state index in [1.807, 2.05) is 0 Å². The predicted molar refractivity (Wildman–Crippen MR) is 76.5 cm³/mol. The number of benzene rings is 1. The highest BCUT2D eigenvalue weighted by Gasteiger charge is 2.30. The van der Waals surface area contributed by atoms with Crippen molar-refractivity contribution in [1.29, 1.82) is 0 Å². The fourth-order valence-corrected chi connectivity index (χ4v) is 2.50. The van der Waals surface area contributed by atoms with Crippen molar-refractivity contribution in [3.05, 3.63) is 29.6 Å². The van der Waals surface area contributed by atoms with Crippen LogP contribution in [0.3, 0.4) is 0 Å². The Hall–Kier alpha value is -1.66. The fourth-order valence-electron chi connectivity index (χ4n) is 2.50. The van der Waals surface area contributed by atoms with Gasteiger partial charge in [-0.2, -0.15) is 0 Å². The summed E-state index contributed by atoms with van der Waals surface area (Å²) in [5.74, 6) is -0.0339. The molecule has 0 saturated carbocycles. The lowest BCUT2D eigenvalue weighted by Gasteiger charge is -2.20. The molecule has 2 rings (SSSR count). The number of amides is 1. The average Bonchev–Trinajstić information content (AvgIpc) is 2.96. The number of hydrogen-bond donors (Lipinski definition) is 2. The topological polar surface area (TPSA) is 73.6 Å². The molecule has 1 fully saturated rings. The Morgan fingerprint density at radius 3 is 2.95 bits per heavy atom. The van der Waals surface area contributed by atoms with E-state index in [0.29, 0.717) is 24.3 Å². The van der Waals surface area contributed by atoms with Crippen molar-refractivity contribution in [3.8, 4) is 5.75 Å². The lowest BCUT2D eigenvalue weighted by molar-refractivity contribution is -0.132. The minimum atomic E-state index is -0.486. The molecule has 3 atom stereocenters. The standard InChI is InChI=1S/C15H21FN2O3/c1-9(12-7-10(16)3-5-13(12)20-2)18-15(19)14-6-4-11(8-17)21-14/h3,5,7,9,11,14H,4,6,8,17H2,1-2H3,(H,18,19). The molecule has 3 unspecified atom stereocenters. The molecule has 3 N–H and O–H groups in total. The van der Waals surface area contributed by atoms with Crippen molar-refractivity contribution >= 4 is 5.91 Å². The Bertz CT molecular complexity index is 510. The molecule has 1 aromatic carbocycles. The van der Waals surface area contributed by atoms with Gasteiger partial charge < -0.3 is 20.5 Å². The molecule has 0 bridgehead atoms. The van der Waals surface area contributed by atoms with Gasteiger partial charge in [0.25, 0.3) is 0 Å². The van der Waals surface area contributed by atoms with Gasteiger partial charge in [-0.3, -0.25) is 4.79 Å². The van der Waals surface area contributed by atoms with Gasteiger partial charge in [0.05, 0.1) is 19.3 Å².